The van der Waals surface area contributed by atoms with Gasteiger partial charge in [-0.05, 0) is 37.8 Å². The minimum absolute atomic E-state index is 0.230. The van der Waals surface area contributed by atoms with Crippen molar-refractivity contribution in [2.24, 2.45) is 5.73 Å². The zero-order valence-electron chi connectivity index (χ0n) is 12.5. The number of hydrogen-bond acceptors (Lipinski definition) is 3. The number of hydrogen-bond donors (Lipinski definition) is 2. The van der Waals surface area contributed by atoms with Crippen LogP contribution in [0.2, 0.25) is 0 Å². The van der Waals surface area contributed by atoms with Gasteiger partial charge in [-0.3, -0.25) is 9.69 Å². The van der Waals surface area contributed by atoms with Crippen LogP contribution in [0, 0.1) is 13.8 Å². The Hall–Kier alpha value is -1.39. The van der Waals surface area contributed by atoms with E-state index in [2.05, 4.69) is 42.3 Å². The molecule has 4 heteroatoms. The number of nitrogens with one attached hydrogen (secondary N) is 1. The van der Waals surface area contributed by atoms with Gasteiger partial charge in [-0.2, -0.15) is 0 Å². The number of primary amides is 1. The Morgan fingerprint density at radius 1 is 1.35 bits per heavy atom. The molecular weight excluding hydrogens is 250 g/mol. The van der Waals surface area contributed by atoms with E-state index in [4.69, 9.17) is 5.73 Å². The van der Waals surface area contributed by atoms with Gasteiger partial charge >= 0.3 is 0 Å². The van der Waals surface area contributed by atoms with Crippen LogP contribution in [0.1, 0.15) is 29.5 Å². The first-order valence-corrected chi connectivity index (χ1v) is 7.35. The predicted octanol–water partition coefficient (Wildman–Crippen LogP) is 1.34. The van der Waals surface area contributed by atoms with Gasteiger partial charge in [0.1, 0.15) is 0 Å². The van der Waals surface area contributed by atoms with Crippen molar-refractivity contribution >= 4 is 5.91 Å². The van der Waals surface area contributed by atoms with Crippen LogP contribution in [-0.2, 0) is 11.3 Å². The van der Waals surface area contributed by atoms with Crippen molar-refractivity contribution in [2.45, 2.75) is 39.3 Å². The van der Waals surface area contributed by atoms with E-state index < -0.39 is 0 Å². The van der Waals surface area contributed by atoms with Crippen molar-refractivity contribution in [3.8, 4) is 0 Å². The van der Waals surface area contributed by atoms with Gasteiger partial charge < -0.3 is 11.1 Å². The van der Waals surface area contributed by atoms with E-state index in [0.29, 0.717) is 12.6 Å². The molecule has 1 amide bonds. The molecule has 3 N–H and O–H groups in total. The summed E-state index contributed by atoms with van der Waals surface area (Å²) in [6, 6.07) is 7.14. The SMILES string of the molecule is Cc1ccc(CNC2CCN(CC(N)=O)CC2)c(C)c1. The Morgan fingerprint density at radius 3 is 2.65 bits per heavy atom. The summed E-state index contributed by atoms with van der Waals surface area (Å²) in [7, 11) is 0. The van der Waals surface area contributed by atoms with Gasteiger partial charge in [0, 0.05) is 25.7 Å². The van der Waals surface area contributed by atoms with E-state index in [0.717, 1.165) is 32.5 Å². The number of benzene rings is 1. The smallest absolute Gasteiger partial charge is 0.231 e. The third kappa shape index (κ3) is 4.32. The third-order valence-corrected chi connectivity index (χ3v) is 4.05. The van der Waals surface area contributed by atoms with Crippen LogP contribution in [0.25, 0.3) is 0 Å². The molecule has 0 spiro atoms. The number of carbonyl (C=O) groups is 1. The number of amides is 1. The fraction of sp³-hybridized carbons (Fsp3) is 0.562. The number of piperidine rings is 1. The maximum Gasteiger partial charge on any atom is 0.231 e. The summed E-state index contributed by atoms with van der Waals surface area (Å²) in [6.07, 6.45) is 2.16. The highest BCUT2D eigenvalue weighted by atomic mass is 16.1. The molecule has 0 atom stereocenters. The van der Waals surface area contributed by atoms with Crippen LogP contribution in [0.15, 0.2) is 18.2 Å². The summed E-state index contributed by atoms with van der Waals surface area (Å²) < 4.78 is 0. The van der Waals surface area contributed by atoms with Crippen LogP contribution in [0.3, 0.4) is 0 Å². The predicted molar refractivity (Wildman–Crippen MR) is 81.4 cm³/mol. The zero-order valence-corrected chi connectivity index (χ0v) is 12.5. The molecule has 110 valence electrons. The summed E-state index contributed by atoms with van der Waals surface area (Å²) in [4.78, 5) is 13.0. The maximum atomic E-state index is 10.9. The molecular formula is C16H25N3O. The van der Waals surface area contributed by atoms with Gasteiger partial charge in [-0.25, -0.2) is 0 Å². The third-order valence-electron chi connectivity index (χ3n) is 4.05. The number of rotatable bonds is 5. The molecule has 1 heterocycles. The average molecular weight is 275 g/mol. The van der Waals surface area contributed by atoms with Crippen LogP contribution in [-0.4, -0.2) is 36.5 Å². The van der Waals surface area contributed by atoms with E-state index in [1.165, 1.54) is 16.7 Å². The zero-order chi connectivity index (χ0) is 14.5. The standard InChI is InChI=1S/C16H25N3O/c1-12-3-4-14(13(2)9-12)10-18-15-5-7-19(8-6-15)11-16(17)20/h3-4,9,15,18H,5-8,10-11H2,1-2H3,(H2,17,20). The van der Waals surface area contributed by atoms with Gasteiger partial charge in [0.25, 0.3) is 0 Å². The van der Waals surface area contributed by atoms with E-state index in [-0.39, 0.29) is 5.91 Å². The molecule has 2 rings (SSSR count). The maximum absolute atomic E-state index is 10.9. The Kier molecular flexibility index (Phi) is 5.15. The topological polar surface area (TPSA) is 58.4 Å². The molecule has 0 bridgehead atoms. The lowest BCUT2D eigenvalue weighted by molar-refractivity contribution is -0.119. The molecule has 0 saturated carbocycles. The molecule has 0 unspecified atom stereocenters. The number of aryl methyl sites for hydroxylation is 2. The van der Waals surface area contributed by atoms with Crippen molar-refractivity contribution in [3.63, 3.8) is 0 Å². The quantitative estimate of drug-likeness (QED) is 0.852. The number of likely N-dealkylation sites (tertiary alicyclic amines) is 1. The summed E-state index contributed by atoms with van der Waals surface area (Å²) in [6.45, 7) is 7.51. The van der Waals surface area contributed by atoms with Crippen molar-refractivity contribution in [2.75, 3.05) is 19.6 Å². The Bertz CT molecular complexity index is 465. The molecule has 1 aliphatic heterocycles. The first-order valence-electron chi connectivity index (χ1n) is 7.35. The van der Waals surface area contributed by atoms with Crippen molar-refractivity contribution < 1.29 is 4.79 Å². The second-order valence-corrected chi connectivity index (χ2v) is 5.83. The summed E-state index contributed by atoms with van der Waals surface area (Å²) in [5.74, 6) is -0.230. The molecule has 0 aromatic heterocycles. The van der Waals surface area contributed by atoms with Gasteiger partial charge in [-0.1, -0.05) is 23.8 Å². The van der Waals surface area contributed by atoms with Crippen molar-refractivity contribution in [1.29, 1.82) is 0 Å². The Balaban J connectivity index is 1.77. The van der Waals surface area contributed by atoms with Crippen LogP contribution >= 0.6 is 0 Å². The monoisotopic (exact) mass is 275 g/mol. The lowest BCUT2D eigenvalue weighted by Gasteiger charge is -2.31. The summed E-state index contributed by atoms with van der Waals surface area (Å²) in [5, 5.41) is 3.63. The lowest BCUT2D eigenvalue weighted by Crippen LogP contribution is -2.45. The second kappa shape index (κ2) is 6.86. The lowest BCUT2D eigenvalue weighted by atomic mass is 10.0. The van der Waals surface area contributed by atoms with E-state index in [9.17, 15) is 4.79 Å². The molecule has 1 saturated heterocycles. The van der Waals surface area contributed by atoms with E-state index in [1.54, 1.807) is 0 Å². The summed E-state index contributed by atoms with van der Waals surface area (Å²) >= 11 is 0. The highest BCUT2D eigenvalue weighted by molar-refractivity contribution is 5.75. The normalized spacial score (nSPS) is 17.3. The molecule has 1 fully saturated rings. The Labute approximate surface area is 121 Å². The second-order valence-electron chi connectivity index (χ2n) is 5.83. The van der Waals surface area contributed by atoms with E-state index in [1.807, 2.05) is 0 Å². The molecule has 0 aliphatic carbocycles. The van der Waals surface area contributed by atoms with E-state index >= 15 is 0 Å². The minimum atomic E-state index is -0.230. The van der Waals surface area contributed by atoms with Gasteiger partial charge in [0.15, 0.2) is 0 Å². The van der Waals surface area contributed by atoms with Crippen LogP contribution in [0.4, 0.5) is 0 Å². The first-order chi connectivity index (χ1) is 9.54. The van der Waals surface area contributed by atoms with Crippen molar-refractivity contribution in [3.05, 3.63) is 34.9 Å². The molecule has 1 aromatic rings. The number of nitrogens with zero attached hydrogens (tertiary/aromatic N) is 1. The number of nitrogens with two attached hydrogens (primary N) is 1. The van der Waals surface area contributed by atoms with Gasteiger partial charge in [-0.15, -0.1) is 0 Å². The molecule has 4 nitrogen and oxygen atoms in total. The van der Waals surface area contributed by atoms with Crippen LogP contribution in [0.5, 0.6) is 0 Å². The molecule has 1 aromatic carbocycles. The number of carbonyl (C=O) groups excluding carboxylic acids is 1. The van der Waals surface area contributed by atoms with Crippen molar-refractivity contribution in [1.82, 2.24) is 10.2 Å². The molecule has 20 heavy (non-hydrogen) atoms. The fourth-order valence-corrected chi connectivity index (χ4v) is 2.81. The summed E-state index contributed by atoms with van der Waals surface area (Å²) in [5.41, 5.74) is 9.26. The average Bonchev–Trinajstić information content (AvgIpc) is 2.39. The Morgan fingerprint density at radius 2 is 2.05 bits per heavy atom. The highest BCUT2D eigenvalue weighted by Crippen LogP contribution is 2.13. The largest absolute Gasteiger partial charge is 0.369 e. The first kappa shape index (κ1) is 15.0. The highest BCUT2D eigenvalue weighted by Gasteiger charge is 2.19. The minimum Gasteiger partial charge on any atom is -0.369 e. The molecule has 0 radical (unpaired) electrons. The molecule has 1 aliphatic rings. The van der Waals surface area contributed by atoms with Crippen LogP contribution < -0.4 is 11.1 Å². The van der Waals surface area contributed by atoms with Gasteiger partial charge in [0.2, 0.25) is 5.91 Å². The fourth-order valence-electron chi connectivity index (χ4n) is 2.81. The van der Waals surface area contributed by atoms with Gasteiger partial charge in [0.05, 0.1) is 6.54 Å².